The van der Waals surface area contributed by atoms with Crippen LogP contribution in [0, 0.1) is 0 Å². The van der Waals surface area contributed by atoms with Gasteiger partial charge in [0.1, 0.15) is 11.6 Å². The van der Waals surface area contributed by atoms with E-state index in [4.69, 9.17) is 22.4 Å². The number of nitrogens with two attached hydrogens (primary N) is 1. The van der Waals surface area contributed by atoms with E-state index in [1.54, 1.807) is 18.2 Å². The topological polar surface area (TPSA) is 101 Å². The van der Waals surface area contributed by atoms with Gasteiger partial charge in [-0.15, -0.1) is 12.4 Å². The van der Waals surface area contributed by atoms with Crippen LogP contribution in [-0.2, 0) is 0 Å². The molecule has 1 aromatic carbocycles. The molecular weight excluding hydrogens is 291 g/mol. The maximum absolute atomic E-state index is 11.0. The quantitative estimate of drug-likeness (QED) is 0.753. The Morgan fingerprint density at radius 2 is 2.00 bits per heavy atom. The first-order valence-corrected chi connectivity index (χ1v) is 5.33. The Balaban J connectivity index is 0.00000180. The molecule has 0 amide bonds. The van der Waals surface area contributed by atoms with Gasteiger partial charge in [-0.1, -0.05) is 12.1 Å². The molecule has 0 saturated carbocycles. The lowest BCUT2D eigenvalue weighted by atomic mass is 10.2. The molecule has 0 fully saturated rings. The van der Waals surface area contributed by atoms with Crippen molar-refractivity contribution < 1.29 is 9.90 Å². The lowest BCUT2D eigenvalue weighted by Crippen LogP contribution is -2.04. The van der Waals surface area contributed by atoms with Gasteiger partial charge in [0.15, 0.2) is 0 Å². The van der Waals surface area contributed by atoms with Gasteiger partial charge in [-0.2, -0.15) is 0 Å². The lowest BCUT2D eigenvalue weighted by Gasteiger charge is -2.08. The molecule has 6 nitrogen and oxygen atoms in total. The molecular formula is C11H10Cl2N4O2. The summed E-state index contributed by atoms with van der Waals surface area (Å²) in [5, 5.41) is 11.9. The second-order valence-corrected chi connectivity index (χ2v) is 3.76. The summed E-state index contributed by atoms with van der Waals surface area (Å²) >= 11 is 5.66. The molecule has 0 atom stereocenters. The molecule has 0 saturated heterocycles. The van der Waals surface area contributed by atoms with Crippen LogP contribution in [0.25, 0.3) is 0 Å². The molecule has 8 heteroatoms. The smallest absolute Gasteiger partial charge is 0.337 e. The zero-order valence-corrected chi connectivity index (χ0v) is 11.1. The number of carbonyl (C=O) groups is 1. The van der Waals surface area contributed by atoms with Gasteiger partial charge >= 0.3 is 5.97 Å². The summed E-state index contributed by atoms with van der Waals surface area (Å²) in [5.74, 6) is -0.502. The van der Waals surface area contributed by atoms with E-state index >= 15 is 0 Å². The fraction of sp³-hybridized carbons (Fsp3) is 0. The number of para-hydroxylation sites is 1. The molecule has 0 aliphatic carbocycles. The average molecular weight is 301 g/mol. The molecule has 4 N–H and O–H groups in total. The highest BCUT2D eigenvalue weighted by Crippen LogP contribution is 2.21. The van der Waals surface area contributed by atoms with Crippen molar-refractivity contribution in [3.63, 3.8) is 0 Å². The third kappa shape index (κ3) is 3.70. The maximum atomic E-state index is 11.0. The van der Waals surface area contributed by atoms with Gasteiger partial charge in [0.2, 0.25) is 5.28 Å². The summed E-state index contributed by atoms with van der Waals surface area (Å²) in [6.45, 7) is 0. The first-order valence-electron chi connectivity index (χ1n) is 4.95. The molecule has 2 rings (SSSR count). The van der Waals surface area contributed by atoms with Crippen molar-refractivity contribution in [2.45, 2.75) is 0 Å². The zero-order valence-electron chi connectivity index (χ0n) is 9.50. The third-order valence-electron chi connectivity index (χ3n) is 2.14. The van der Waals surface area contributed by atoms with Crippen molar-refractivity contribution in [3.05, 3.63) is 41.2 Å². The van der Waals surface area contributed by atoms with E-state index in [1.807, 2.05) is 0 Å². The number of aromatic carboxylic acids is 1. The molecule has 1 heterocycles. The van der Waals surface area contributed by atoms with Gasteiger partial charge < -0.3 is 16.2 Å². The van der Waals surface area contributed by atoms with Crippen LogP contribution in [0.1, 0.15) is 10.4 Å². The van der Waals surface area contributed by atoms with Crippen LogP contribution in [0.5, 0.6) is 0 Å². The Bertz CT molecular complexity index is 587. The molecule has 0 unspecified atom stereocenters. The Morgan fingerprint density at radius 3 is 2.63 bits per heavy atom. The molecule has 0 radical (unpaired) electrons. The van der Waals surface area contributed by atoms with Crippen LogP contribution in [0.2, 0.25) is 5.28 Å². The summed E-state index contributed by atoms with van der Waals surface area (Å²) < 4.78 is 0. The van der Waals surface area contributed by atoms with Gasteiger partial charge in [-0.05, 0) is 23.7 Å². The van der Waals surface area contributed by atoms with Crippen LogP contribution in [0.3, 0.4) is 0 Å². The number of benzene rings is 1. The van der Waals surface area contributed by atoms with E-state index in [0.717, 1.165) is 0 Å². The third-order valence-corrected chi connectivity index (χ3v) is 2.31. The molecule has 0 aliphatic rings. The first-order chi connectivity index (χ1) is 8.56. The van der Waals surface area contributed by atoms with Gasteiger partial charge in [0, 0.05) is 6.07 Å². The number of halogens is 2. The van der Waals surface area contributed by atoms with Crippen molar-refractivity contribution in [1.82, 2.24) is 9.97 Å². The minimum absolute atomic E-state index is 0. The summed E-state index contributed by atoms with van der Waals surface area (Å²) in [6.07, 6.45) is 0. The van der Waals surface area contributed by atoms with E-state index < -0.39 is 5.97 Å². The number of hydrogen-bond acceptors (Lipinski definition) is 5. The van der Waals surface area contributed by atoms with Crippen molar-refractivity contribution >= 4 is 47.3 Å². The normalized spacial score (nSPS) is 9.53. The number of nitrogen functional groups attached to an aromatic ring is 1. The van der Waals surface area contributed by atoms with Crippen molar-refractivity contribution in [2.75, 3.05) is 11.1 Å². The fourth-order valence-corrected chi connectivity index (χ4v) is 1.60. The maximum Gasteiger partial charge on any atom is 0.337 e. The van der Waals surface area contributed by atoms with E-state index in [2.05, 4.69) is 15.3 Å². The largest absolute Gasteiger partial charge is 0.478 e. The van der Waals surface area contributed by atoms with E-state index in [9.17, 15) is 4.79 Å². The van der Waals surface area contributed by atoms with Gasteiger partial charge in [0.25, 0.3) is 0 Å². The Hall–Kier alpha value is -2.05. The van der Waals surface area contributed by atoms with Crippen molar-refractivity contribution in [2.24, 2.45) is 0 Å². The van der Waals surface area contributed by atoms with Crippen LogP contribution in [0.4, 0.5) is 17.3 Å². The molecule has 0 bridgehead atoms. The predicted molar refractivity (Wildman–Crippen MR) is 75.4 cm³/mol. The predicted octanol–water partition coefficient (Wildman–Crippen LogP) is 2.58. The molecule has 1 aromatic heterocycles. The first kappa shape index (κ1) is 15.0. The standard InChI is InChI=1S/C11H9ClN4O2.ClH/c12-11-15-8(13)5-9(16-11)14-7-4-2-1-3-6(7)10(17)18;/h1-5H,(H,17,18)(H3,13,14,15,16);1H. The Labute approximate surface area is 120 Å². The second-order valence-electron chi connectivity index (χ2n) is 3.42. The number of nitrogens with one attached hydrogen (secondary N) is 1. The van der Waals surface area contributed by atoms with Crippen molar-refractivity contribution in [1.29, 1.82) is 0 Å². The minimum atomic E-state index is -1.04. The number of hydrogen-bond donors (Lipinski definition) is 3. The highest BCUT2D eigenvalue weighted by Gasteiger charge is 2.10. The van der Waals surface area contributed by atoms with E-state index in [1.165, 1.54) is 12.1 Å². The molecule has 100 valence electrons. The van der Waals surface area contributed by atoms with E-state index in [0.29, 0.717) is 11.5 Å². The van der Waals surface area contributed by atoms with Gasteiger partial charge in [-0.3, -0.25) is 0 Å². The zero-order chi connectivity index (χ0) is 13.1. The SMILES string of the molecule is Cl.Nc1cc(Nc2ccccc2C(=O)O)nc(Cl)n1. The monoisotopic (exact) mass is 300 g/mol. The van der Waals surface area contributed by atoms with Gasteiger partial charge in [-0.25, -0.2) is 14.8 Å². The highest BCUT2D eigenvalue weighted by atomic mass is 35.5. The highest BCUT2D eigenvalue weighted by molar-refractivity contribution is 6.28. The molecule has 0 aliphatic heterocycles. The summed E-state index contributed by atoms with van der Waals surface area (Å²) in [4.78, 5) is 18.6. The molecule has 0 spiro atoms. The summed E-state index contributed by atoms with van der Waals surface area (Å²) in [6, 6.07) is 7.91. The van der Waals surface area contributed by atoms with Crippen molar-refractivity contribution in [3.8, 4) is 0 Å². The summed E-state index contributed by atoms with van der Waals surface area (Å²) in [5.41, 5.74) is 6.05. The number of carboxylic acids is 1. The molecule has 19 heavy (non-hydrogen) atoms. The lowest BCUT2D eigenvalue weighted by molar-refractivity contribution is 0.0698. The average Bonchev–Trinajstić information content (AvgIpc) is 2.27. The van der Waals surface area contributed by atoms with Crippen LogP contribution < -0.4 is 11.1 Å². The van der Waals surface area contributed by atoms with Crippen LogP contribution >= 0.6 is 24.0 Å². The number of nitrogens with zero attached hydrogens (tertiary/aromatic N) is 2. The number of aromatic nitrogens is 2. The number of carboxylic acid groups (broad SMARTS) is 1. The van der Waals surface area contributed by atoms with Crippen LogP contribution in [0.15, 0.2) is 30.3 Å². The van der Waals surface area contributed by atoms with Gasteiger partial charge in [0.05, 0.1) is 11.3 Å². The second kappa shape index (κ2) is 6.21. The fourth-order valence-electron chi connectivity index (χ4n) is 1.42. The number of rotatable bonds is 3. The minimum Gasteiger partial charge on any atom is -0.478 e. The molecule has 2 aromatic rings. The number of anilines is 3. The summed E-state index contributed by atoms with van der Waals surface area (Å²) in [7, 11) is 0. The van der Waals surface area contributed by atoms with E-state index in [-0.39, 0.29) is 29.1 Å². The Kier molecular flexibility index (Phi) is 4.91. The Morgan fingerprint density at radius 1 is 1.32 bits per heavy atom. The van der Waals surface area contributed by atoms with Crippen LogP contribution in [-0.4, -0.2) is 21.0 Å².